The molecule has 0 saturated carbocycles. The van der Waals surface area contributed by atoms with Gasteiger partial charge in [0, 0.05) is 36.5 Å². The number of fused-ring (bicyclic) bond motifs is 2. The number of aromatic nitrogens is 2. The molecule has 0 spiro atoms. The van der Waals surface area contributed by atoms with Crippen molar-refractivity contribution >= 4 is 32.4 Å². The van der Waals surface area contributed by atoms with Crippen molar-refractivity contribution < 1.29 is 13.2 Å². The summed E-state index contributed by atoms with van der Waals surface area (Å²) in [4.78, 5) is 12.3. The van der Waals surface area contributed by atoms with E-state index in [1.165, 1.54) is 6.92 Å². The van der Waals surface area contributed by atoms with E-state index in [9.17, 15) is 13.2 Å². The minimum Gasteiger partial charge on any atom is -0.325 e. The highest BCUT2D eigenvalue weighted by atomic mass is 32.2. The van der Waals surface area contributed by atoms with E-state index in [0.29, 0.717) is 35.7 Å². The number of carbonyl (C=O) groups is 1. The van der Waals surface area contributed by atoms with E-state index in [1.807, 2.05) is 49.4 Å². The van der Waals surface area contributed by atoms with Crippen molar-refractivity contribution in [3.05, 3.63) is 77.5 Å². The van der Waals surface area contributed by atoms with Crippen molar-refractivity contribution in [1.82, 2.24) is 14.5 Å². The van der Waals surface area contributed by atoms with Crippen LogP contribution in [0.3, 0.4) is 0 Å². The van der Waals surface area contributed by atoms with Crippen LogP contribution in [0.2, 0.25) is 0 Å². The van der Waals surface area contributed by atoms with E-state index in [-0.39, 0.29) is 10.8 Å². The topological polar surface area (TPSA) is 93.1 Å². The van der Waals surface area contributed by atoms with Crippen LogP contribution in [-0.4, -0.2) is 23.5 Å². The standard InChI is InChI=1S/C24H22N4O3S/c1-15-6-5-8-18(12-15)32(30,31)28-24(21-13-25-14-22(21)27-28)20-11-10-17-7-3-4-9-19(17)23(20)26-16(2)29/h3-12,25H,13-14H2,1-2H3,(H,26,29). The van der Waals surface area contributed by atoms with Gasteiger partial charge < -0.3 is 10.6 Å². The van der Waals surface area contributed by atoms with Crippen molar-refractivity contribution in [2.45, 2.75) is 31.8 Å². The van der Waals surface area contributed by atoms with Crippen LogP contribution >= 0.6 is 0 Å². The maximum absolute atomic E-state index is 13.7. The summed E-state index contributed by atoms with van der Waals surface area (Å²) < 4.78 is 28.5. The Morgan fingerprint density at radius 2 is 1.88 bits per heavy atom. The maximum Gasteiger partial charge on any atom is 0.283 e. The molecule has 1 aliphatic rings. The van der Waals surface area contributed by atoms with Gasteiger partial charge in [-0.1, -0.05) is 48.5 Å². The zero-order chi connectivity index (χ0) is 22.5. The molecule has 0 unspecified atom stereocenters. The van der Waals surface area contributed by atoms with Crippen LogP contribution in [0.4, 0.5) is 5.69 Å². The average Bonchev–Trinajstić information content (AvgIpc) is 3.36. The molecule has 8 heteroatoms. The van der Waals surface area contributed by atoms with Gasteiger partial charge >= 0.3 is 0 Å². The zero-order valence-electron chi connectivity index (χ0n) is 17.7. The fraction of sp³-hybridized carbons (Fsp3) is 0.167. The highest BCUT2D eigenvalue weighted by molar-refractivity contribution is 7.90. The summed E-state index contributed by atoms with van der Waals surface area (Å²) in [6.07, 6.45) is 0. The average molecular weight is 447 g/mol. The van der Waals surface area contributed by atoms with Crippen LogP contribution in [0.1, 0.15) is 23.7 Å². The predicted molar refractivity (Wildman–Crippen MR) is 124 cm³/mol. The number of aryl methyl sites for hydroxylation is 1. The van der Waals surface area contributed by atoms with Gasteiger partial charge in [0.2, 0.25) is 5.91 Å². The second-order valence-corrected chi connectivity index (χ2v) is 9.70. The third-order valence-electron chi connectivity index (χ3n) is 5.63. The zero-order valence-corrected chi connectivity index (χ0v) is 18.5. The third kappa shape index (κ3) is 3.28. The molecular formula is C24H22N4O3S. The molecule has 0 radical (unpaired) electrons. The lowest BCUT2D eigenvalue weighted by Gasteiger charge is -2.17. The number of rotatable bonds is 4. The molecule has 0 aliphatic carbocycles. The minimum atomic E-state index is -3.95. The van der Waals surface area contributed by atoms with Gasteiger partial charge in [-0.15, -0.1) is 0 Å². The molecule has 0 bridgehead atoms. The number of benzene rings is 3. The Morgan fingerprint density at radius 3 is 2.66 bits per heavy atom. The molecule has 3 aromatic carbocycles. The van der Waals surface area contributed by atoms with E-state index < -0.39 is 10.0 Å². The maximum atomic E-state index is 13.7. The van der Waals surface area contributed by atoms with Crippen LogP contribution in [0.25, 0.3) is 22.0 Å². The minimum absolute atomic E-state index is 0.176. The number of nitrogens with zero attached hydrogens (tertiary/aromatic N) is 2. The second-order valence-electron chi connectivity index (χ2n) is 7.93. The molecular weight excluding hydrogens is 424 g/mol. The van der Waals surface area contributed by atoms with Gasteiger partial charge in [-0.05, 0) is 30.0 Å². The van der Waals surface area contributed by atoms with Gasteiger partial charge in [-0.2, -0.15) is 17.6 Å². The SMILES string of the molecule is CC(=O)Nc1c(-c2c3c(nn2S(=O)(=O)c2cccc(C)c2)CNC3)ccc2ccccc12. The fourth-order valence-corrected chi connectivity index (χ4v) is 5.64. The van der Waals surface area contributed by atoms with Crippen molar-refractivity contribution in [3.63, 3.8) is 0 Å². The Hall–Kier alpha value is -3.49. The summed E-state index contributed by atoms with van der Waals surface area (Å²) in [5.74, 6) is -0.231. The van der Waals surface area contributed by atoms with E-state index in [2.05, 4.69) is 15.7 Å². The number of hydrogen-bond acceptors (Lipinski definition) is 5. The Morgan fingerprint density at radius 1 is 1.06 bits per heavy atom. The van der Waals surface area contributed by atoms with Gasteiger partial charge in [0.05, 0.1) is 22.0 Å². The predicted octanol–water partition coefficient (Wildman–Crippen LogP) is 3.81. The monoisotopic (exact) mass is 446 g/mol. The highest BCUT2D eigenvalue weighted by Gasteiger charge is 2.31. The molecule has 1 aromatic heterocycles. The lowest BCUT2D eigenvalue weighted by Crippen LogP contribution is -2.19. The summed E-state index contributed by atoms with van der Waals surface area (Å²) in [6.45, 7) is 4.28. The van der Waals surface area contributed by atoms with E-state index in [0.717, 1.165) is 26.0 Å². The van der Waals surface area contributed by atoms with Crippen LogP contribution < -0.4 is 10.6 Å². The van der Waals surface area contributed by atoms with Crippen molar-refractivity contribution in [1.29, 1.82) is 0 Å². The van der Waals surface area contributed by atoms with E-state index in [4.69, 9.17) is 0 Å². The van der Waals surface area contributed by atoms with Crippen LogP contribution in [0.15, 0.2) is 65.6 Å². The third-order valence-corrected chi connectivity index (χ3v) is 7.20. The summed E-state index contributed by atoms with van der Waals surface area (Å²) in [6, 6.07) is 18.3. The molecule has 1 aliphatic heterocycles. The molecule has 2 N–H and O–H groups in total. The quantitative estimate of drug-likeness (QED) is 0.497. The summed E-state index contributed by atoms with van der Waals surface area (Å²) >= 11 is 0. The first kappa shape index (κ1) is 20.4. The molecule has 7 nitrogen and oxygen atoms in total. The first-order valence-corrected chi connectivity index (χ1v) is 11.7. The molecule has 5 rings (SSSR count). The molecule has 0 fully saturated rings. The smallest absolute Gasteiger partial charge is 0.283 e. The lowest BCUT2D eigenvalue weighted by atomic mass is 9.99. The molecule has 0 saturated heterocycles. The van der Waals surface area contributed by atoms with Crippen molar-refractivity contribution in [3.8, 4) is 11.3 Å². The molecule has 32 heavy (non-hydrogen) atoms. The second kappa shape index (κ2) is 7.58. The van der Waals surface area contributed by atoms with Crippen molar-refractivity contribution in [2.24, 2.45) is 0 Å². The molecule has 1 amide bonds. The van der Waals surface area contributed by atoms with Crippen molar-refractivity contribution in [2.75, 3.05) is 5.32 Å². The van der Waals surface area contributed by atoms with E-state index >= 15 is 0 Å². The fourth-order valence-electron chi connectivity index (χ4n) is 4.20. The van der Waals surface area contributed by atoms with Gasteiger partial charge in [-0.3, -0.25) is 4.79 Å². The Kier molecular flexibility index (Phi) is 4.83. The normalized spacial score (nSPS) is 13.3. The summed E-state index contributed by atoms with van der Waals surface area (Å²) in [5.41, 5.74) is 4.03. The Labute approximate surface area is 186 Å². The van der Waals surface area contributed by atoms with Crippen LogP contribution in [-0.2, 0) is 27.9 Å². The van der Waals surface area contributed by atoms with Gasteiger partial charge in [0.1, 0.15) is 0 Å². The first-order chi connectivity index (χ1) is 15.4. The molecule has 4 aromatic rings. The van der Waals surface area contributed by atoms with E-state index in [1.54, 1.807) is 18.2 Å². The lowest BCUT2D eigenvalue weighted by molar-refractivity contribution is -0.114. The molecule has 162 valence electrons. The summed E-state index contributed by atoms with van der Waals surface area (Å²) in [7, 11) is -3.95. The van der Waals surface area contributed by atoms with Gasteiger partial charge in [0.15, 0.2) is 0 Å². The number of amides is 1. The van der Waals surface area contributed by atoms with Gasteiger partial charge in [0.25, 0.3) is 10.0 Å². The highest BCUT2D eigenvalue weighted by Crippen LogP contribution is 2.40. The Balaban J connectivity index is 1.82. The number of hydrogen-bond donors (Lipinski definition) is 2. The van der Waals surface area contributed by atoms with Crippen LogP contribution in [0, 0.1) is 6.92 Å². The summed E-state index contributed by atoms with van der Waals surface area (Å²) in [5, 5.41) is 12.5. The largest absolute Gasteiger partial charge is 0.325 e. The van der Waals surface area contributed by atoms with Gasteiger partial charge in [-0.25, -0.2) is 0 Å². The Bertz CT molecular complexity index is 1490. The molecule has 0 atom stereocenters. The molecule has 2 heterocycles. The van der Waals surface area contributed by atoms with Crippen LogP contribution in [0.5, 0.6) is 0 Å². The number of anilines is 1. The number of carbonyl (C=O) groups excluding carboxylic acids is 1. The number of nitrogens with one attached hydrogen (secondary N) is 2. The first-order valence-electron chi connectivity index (χ1n) is 10.3.